The number of aryl methyl sites for hydroxylation is 3. The predicted octanol–water partition coefficient (Wildman–Crippen LogP) is 6.78. The van der Waals surface area contributed by atoms with Crippen LogP contribution in [0.3, 0.4) is 0 Å². The Bertz CT molecular complexity index is 747. The molecule has 0 heterocycles. The highest BCUT2D eigenvalue weighted by Crippen LogP contribution is 2.71. The van der Waals surface area contributed by atoms with Gasteiger partial charge in [0.05, 0.1) is 0 Å². The number of benzene rings is 3. The zero-order valence-electron chi connectivity index (χ0n) is 13.7. The summed E-state index contributed by atoms with van der Waals surface area (Å²) < 4.78 is 16.7. The van der Waals surface area contributed by atoms with E-state index >= 15 is 3.89 Å². The lowest BCUT2D eigenvalue weighted by Crippen LogP contribution is -2.03. The Labute approximate surface area is 139 Å². The van der Waals surface area contributed by atoms with Gasteiger partial charge in [0.15, 0.2) is 0 Å². The van der Waals surface area contributed by atoms with Crippen LogP contribution < -0.4 is 0 Å². The molecule has 3 aromatic rings. The van der Waals surface area contributed by atoms with E-state index in [9.17, 15) is 0 Å². The fourth-order valence-electron chi connectivity index (χ4n) is 3.20. The summed E-state index contributed by atoms with van der Waals surface area (Å²) in [6, 6.07) is 23.3. The Morgan fingerprint density at radius 3 is 1.43 bits per heavy atom. The molecule has 0 aromatic heterocycles. The first-order valence-corrected chi connectivity index (χ1v) is 9.28. The van der Waals surface area contributed by atoms with Gasteiger partial charge in [0.25, 0.3) is 0 Å². The van der Waals surface area contributed by atoms with Crippen molar-refractivity contribution in [2.24, 2.45) is 0 Å². The van der Waals surface area contributed by atoms with Crippen molar-refractivity contribution in [1.82, 2.24) is 0 Å². The van der Waals surface area contributed by atoms with E-state index in [1.807, 2.05) is 74.5 Å². The molecule has 0 aliphatic carbocycles. The Kier molecular flexibility index (Phi) is 4.27. The molecule has 3 aromatic carbocycles. The van der Waals surface area contributed by atoms with Crippen molar-refractivity contribution in [1.29, 1.82) is 0 Å². The van der Waals surface area contributed by atoms with Crippen LogP contribution in [-0.4, -0.2) is 0 Å². The summed E-state index contributed by atoms with van der Waals surface area (Å²) in [4.78, 5) is 2.34. The average molecular weight is 324 g/mol. The lowest BCUT2D eigenvalue weighted by molar-refractivity contribution is 0.863. The van der Waals surface area contributed by atoms with Gasteiger partial charge in [-0.1, -0.05) is 54.1 Å². The molecule has 0 nitrogen and oxygen atoms in total. The van der Waals surface area contributed by atoms with Crippen LogP contribution in [0.25, 0.3) is 0 Å². The summed E-state index contributed by atoms with van der Waals surface area (Å²) in [5.74, 6) is 0. The first kappa shape index (κ1) is 15.8. The number of rotatable bonds is 3. The van der Waals surface area contributed by atoms with Crippen LogP contribution in [0, 0.1) is 20.8 Å². The maximum absolute atomic E-state index is 16.7. The summed E-state index contributed by atoms with van der Waals surface area (Å²) in [6.45, 7) is 6.09. The Morgan fingerprint density at radius 1 is 0.652 bits per heavy atom. The predicted molar refractivity (Wildman–Crippen MR) is 97.0 cm³/mol. The molecule has 0 amide bonds. The zero-order valence-corrected chi connectivity index (χ0v) is 14.5. The minimum Gasteiger partial charge on any atom is -0.175 e. The molecule has 0 N–H and O–H groups in total. The van der Waals surface area contributed by atoms with E-state index in [1.54, 1.807) is 0 Å². The SMILES string of the molecule is Cc1cc(C)c(S(F)(c2ccccc2)c2ccccc2)c(C)c1. The van der Waals surface area contributed by atoms with Gasteiger partial charge in [0.1, 0.15) is 0 Å². The number of halogens is 1. The molecule has 0 spiro atoms. The Morgan fingerprint density at radius 2 is 1.04 bits per heavy atom. The van der Waals surface area contributed by atoms with Crippen molar-refractivity contribution in [3.8, 4) is 0 Å². The molecule has 0 atom stereocenters. The fraction of sp³-hybridized carbons (Fsp3) is 0.143. The van der Waals surface area contributed by atoms with Gasteiger partial charge in [-0.05, 0) is 66.6 Å². The second kappa shape index (κ2) is 6.21. The van der Waals surface area contributed by atoms with E-state index in [-0.39, 0.29) is 0 Å². The van der Waals surface area contributed by atoms with Crippen molar-refractivity contribution >= 4 is 10.4 Å². The molecule has 118 valence electrons. The lowest BCUT2D eigenvalue weighted by atomic mass is 10.1. The van der Waals surface area contributed by atoms with Gasteiger partial charge in [0, 0.05) is 14.7 Å². The van der Waals surface area contributed by atoms with Crippen LogP contribution in [0.15, 0.2) is 87.5 Å². The third-order valence-electron chi connectivity index (χ3n) is 4.02. The van der Waals surface area contributed by atoms with Crippen molar-refractivity contribution in [2.75, 3.05) is 0 Å². The van der Waals surface area contributed by atoms with Crippen LogP contribution >= 0.6 is 10.4 Å². The van der Waals surface area contributed by atoms with Crippen molar-refractivity contribution in [3.05, 3.63) is 89.5 Å². The van der Waals surface area contributed by atoms with Crippen molar-refractivity contribution < 1.29 is 3.89 Å². The van der Waals surface area contributed by atoms with Gasteiger partial charge >= 0.3 is 0 Å². The molecular weight excluding hydrogens is 303 g/mol. The highest BCUT2D eigenvalue weighted by Gasteiger charge is 2.33. The molecule has 23 heavy (non-hydrogen) atoms. The number of hydrogen-bond acceptors (Lipinski definition) is 0. The molecule has 0 aliphatic heterocycles. The van der Waals surface area contributed by atoms with Gasteiger partial charge in [-0.2, -0.15) is 3.89 Å². The molecule has 0 saturated carbocycles. The van der Waals surface area contributed by atoms with Gasteiger partial charge in [0.2, 0.25) is 0 Å². The molecule has 0 bridgehead atoms. The van der Waals surface area contributed by atoms with E-state index in [1.165, 1.54) is 5.56 Å². The van der Waals surface area contributed by atoms with Crippen LogP contribution in [0.4, 0.5) is 3.89 Å². The van der Waals surface area contributed by atoms with E-state index in [0.717, 1.165) is 25.8 Å². The smallest absolute Gasteiger partial charge is 0.0322 e. The maximum Gasteiger partial charge on any atom is 0.0322 e. The summed E-state index contributed by atoms with van der Waals surface area (Å²) >= 11 is 0. The van der Waals surface area contributed by atoms with Crippen LogP contribution in [0.5, 0.6) is 0 Å². The highest BCUT2D eigenvalue weighted by atomic mass is 32.3. The van der Waals surface area contributed by atoms with E-state index in [2.05, 4.69) is 19.1 Å². The first-order valence-electron chi connectivity index (χ1n) is 7.74. The lowest BCUT2D eigenvalue weighted by Gasteiger charge is -2.35. The van der Waals surface area contributed by atoms with Gasteiger partial charge in [-0.15, -0.1) is 0 Å². The summed E-state index contributed by atoms with van der Waals surface area (Å²) in [6.07, 6.45) is 0. The normalized spacial score (nSPS) is 12.2. The standard InChI is InChI=1S/C21H21FS/c1-16-14-17(2)21(18(3)15-16)23(22,19-10-6-4-7-11-19)20-12-8-5-9-13-20/h4-15H,1-3H3. The third-order valence-corrected chi connectivity index (χ3v) is 7.07. The molecule has 0 aliphatic rings. The zero-order chi connectivity index (χ0) is 16.4. The molecular formula is C21H21FS. The van der Waals surface area contributed by atoms with E-state index in [0.29, 0.717) is 0 Å². The van der Waals surface area contributed by atoms with Crippen LogP contribution in [0.1, 0.15) is 16.7 Å². The largest absolute Gasteiger partial charge is 0.175 e. The van der Waals surface area contributed by atoms with E-state index in [4.69, 9.17) is 0 Å². The molecule has 0 saturated heterocycles. The second-order valence-corrected chi connectivity index (χ2v) is 8.32. The van der Waals surface area contributed by atoms with Crippen molar-refractivity contribution in [3.63, 3.8) is 0 Å². The monoisotopic (exact) mass is 324 g/mol. The van der Waals surface area contributed by atoms with Gasteiger partial charge in [-0.3, -0.25) is 0 Å². The summed E-state index contributed by atoms with van der Waals surface area (Å²) in [7, 11) is -2.75. The molecule has 3 rings (SSSR count). The molecule has 0 unspecified atom stereocenters. The fourth-order valence-corrected chi connectivity index (χ4v) is 6.01. The molecule has 0 radical (unpaired) electrons. The topological polar surface area (TPSA) is 0 Å². The third kappa shape index (κ3) is 2.79. The van der Waals surface area contributed by atoms with Gasteiger partial charge < -0.3 is 0 Å². The average Bonchev–Trinajstić information content (AvgIpc) is 2.55. The quantitative estimate of drug-likeness (QED) is 0.498. The minimum atomic E-state index is -2.75. The first-order chi connectivity index (χ1) is 11.0. The summed E-state index contributed by atoms with van der Waals surface area (Å²) in [5.41, 5.74) is 3.21. The maximum atomic E-state index is 16.7. The van der Waals surface area contributed by atoms with E-state index < -0.39 is 10.4 Å². The Hall–Kier alpha value is -2.06. The van der Waals surface area contributed by atoms with Crippen molar-refractivity contribution in [2.45, 2.75) is 35.5 Å². The molecule has 2 heteroatoms. The second-order valence-electron chi connectivity index (χ2n) is 5.89. The summed E-state index contributed by atoms with van der Waals surface area (Å²) in [5, 5.41) is 0. The van der Waals surface area contributed by atoms with Crippen LogP contribution in [-0.2, 0) is 0 Å². The van der Waals surface area contributed by atoms with Gasteiger partial charge in [-0.25, -0.2) is 0 Å². The minimum absolute atomic E-state index is 0.751. The highest BCUT2D eigenvalue weighted by molar-refractivity contribution is 8.29. The Balaban J connectivity index is 2.35. The van der Waals surface area contributed by atoms with Crippen LogP contribution in [0.2, 0.25) is 0 Å². The molecule has 0 fully saturated rings. The number of hydrogen-bond donors (Lipinski definition) is 0.